The Labute approximate surface area is 315 Å². The molecule has 0 aliphatic carbocycles. The minimum absolute atomic E-state index is 0.337. The topological polar surface area (TPSA) is 58.8 Å². The van der Waals surface area contributed by atoms with E-state index in [9.17, 15) is 5.26 Å². The SMILES string of the molecule is CC1(C)c2cc(C#N)ccc2Oc2c(-c3cccc(-c4cccc(-c5cc(-c6ccc(-c7ccccc7)cc6)nc(-c6ccccc6)n5)c4)c3)cccc21. The summed E-state index contributed by atoms with van der Waals surface area (Å²) in [6.07, 6.45) is 0. The number of rotatable bonds is 6. The molecular formula is C50H35N3O. The zero-order valence-corrected chi connectivity index (χ0v) is 30.0. The second-order valence-electron chi connectivity index (χ2n) is 14.2. The molecule has 7 aromatic carbocycles. The van der Waals surface area contributed by atoms with E-state index in [4.69, 9.17) is 14.7 Å². The number of para-hydroxylation sites is 1. The molecule has 0 N–H and O–H groups in total. The third kappa shape index (κ3) is 6.02. The molecule has 0 spiro atoms. The van der Waals surface area contributed by atoms with Crippen molar-refractivity contribution in [3.8, 4) is 84.9 Å². The van der Waals surface area contributed by atoms with Crippen LogP contribution in [0.1, 0.15) is 30.5 Å². The van der Waals surface area contributed by atoms with Crippen LogP contribution in [0.4, 0.5) is 0 Å². The van der Waals surface area contributed by atoms with E-state index in [1.54, 1.807) is 0 Å². The lowest BCUT2D eigenvalue weighted by Crippen LogP contribution is -2.24. The predicted molar refractivity (Wildman–Crippen MR) is 218 cm³/mol. The Morgan fingerprint density at radius 2 is 1.02 bits per heavy atom. The van der Waals surface area contributed by atoms with Crippen LogP contribution in [0.25, 0.3) is 67.3 Å². The zero-order chi connectivity index (χ0) is 36.6. The third-order valence-electron chi connectivity index (χ3n) is 10.4. The van der Waals surface area contributed by atoms with Crippen molar-refractivity contribution in [3.63, 3.8) is 0 Å². The van der Waals surface area contributed by atoms with Crippen molar-refractivity contribution in [1.29, 1.82) is 5.26 Å². The summed E-state index contributed by atoms with van der Waals surface area (Å²) in [5.74, 6) is 2.32. The van der Waals surface area contributed by atoms with Crippen LogP contribution in [0.15, 0.2) is 176 Å². The summed E-state index contributed by atoms with van der Waals surface area (Å²) in [5, 5.41) is 9.56. The van der Waals surface area contributed by atoms with Crippen molar-refractivity contribution in [2.24, 2.45) is 0 Å². The van der Waals surface area contributed by atoms with Crippen molar-refractivity contribution >= 4 is 0 Å². The molecule has 4 nitrogen and oxygen atoms in total. The average molecular weight is 694 g/mol. The van der Waals surface area contributed by atoms with E-state index >= 15 is 0 Å². The average Bonchev–Trinajstić information content (AvgIpc) is 3.24. The lowest BCUT2D eigenvalue weighted by Gasteiger charge is -2.35. The van der Waals surface area contributed by atoms with Crippen LogP contribution in [-0.4, -0.2) is 9.97 Å². The van der Waals surface area contributed by atoms with Gasteiger partial charge in [-0.25, -0.2) is 9.97 Å². The second kappa shape index (κ2) is 13.5. The lowest BCUT2D eigenvalue weighted by atomic mass is 9.74. The van der Waals surface area contributed by atoms with Gasteiger partial charge in [-0.1, -0.05) is 153 Å². The van der Waals surface area contributed by atoms with Crippen LogP contribution >= 0.6 is 0 Å². The monoisotopic (exact) mass is 693 g/mol. The molecule has 0 unspecified atom stereocenters. The Morgan fingerprint density at radius 1 is 0.463 bits per heavy atom. The molecular weight excluding hydrogens is 659 g/mol. The molecule has 0 bridgehead atoms. The largest absolute Gasteiger partial charge is 0.456 e. The van der Waals surface area contributed by atoms with Crippen LogP contribution in [-0.2, 0) is 5.41 Å². The number of nitriles is 1. The summed E-state index contributed by atoms with van der Waals surface area (Å²) < 4.78 is 6.62. The molecule has 0 saturated heterocycles. The van der Waals surface area contributed by atoms with Crippen LogP contribution in [0.5, 0.6) is 11.5 Å². The van der Waals surface area contributed by atoms with Crippen molar-refractivity contribution in [1.82, 2.24) is 9.97 Å². The third-order valence-corrected chi connectivity index (χ3v) is 10.4. The van der Waals surface area contributed by atoms with Gasteiger partial charge in [0, 0.05) is 38.8 Å². The maximum absolute atomic E-state index is 9.56. The maximum Gasteiger partial charge on any atom is 0.160 e. The van der Waals surface area contributed by atoms with Crippen LogP contribution in [0, 0.1) is 11.3 Å². The van der Waals surface area contributed by atoms with Crippen molar-refractivity contribution in [2.75, 3.05) is 0 Å². The Hall–Kier alpha value is -7.09. The standard InChI is InChI=1S/C50H35N3O/c1-50(2)43-21-11-20-42(48(43)54-47-27-22-33(32-51)28-44(47)50)40-18-9-16-38(29-40)39-17-10-19-41(30-39)46-31-45(52-49(53-46)37-14-7-4-8-15-37)36-25-23-35(24-26-36)34-12-5-3-6-13-34/h3-31H,1-2H3. The van der Waals surface area contributed by atoms with E-state index in [-0.39, 0.29) is 5.41 Å². The molecule has 0 radical (unpaired) electrons. The van der Waals surface area contributed by atoms with Gasteiger partial charge in [-0.2, -0.15) is 5.26 Å². The van der Waals surface area contributed by atoms with Gasteiger partial charge in [-0.15, -0.1) is 0 Å². The highest BCUT2D eigenvalue weighted by Gasteiger charge is 2.35. The molecule has 0 saturated carbocycles. The first kappa shape index (κ1) is 32.8. The van der Waals surface area contributed by atoms with Gasteiger partial charge in [-0.05, 0) is 64.2 Å². The summed E-state index contributed by atoms with van der Waals surface area (Å²) in [4.78, 5) is 10.2. The Bertz CT molecular complexity index is 2710. The summed E-state index contributed by atoms with van der Waals surface area (Å²) in [7, 11) is 0. The first-order valence-corrected chi connectivity index (χ1v) is 18.1. The molecule has 256 valence electrons. The zero-order valence-electron chi connectivity index (χ0n) is 30.0. The van der Waals surface area contributed by atoms with Gasteiger partial charge in [0.1, 0.15) is 11.5 Å². The first-order chi connectivity index (χ1) is 26.4. The molecule has 0 atom stereocenters. The highest BCUT2D eigenvalue weighted by molar-refractivity contribution is 5.82. The van der Waals surface area contributed by atoms with E-state index in [0.717, 1.165) is 78.5 Å². The number of nitrogens with zero attached hydrogens (tertiary/aromatic N) is 3. The molecule has 1 aromatic heterocycles. The summed E-state index contributed by atoms with van der Waals surface area (Å²) in [6, 6.07) is 62.8. The summed E-state index contributed by atoms with van der Waals surface area (Å²) in [5.41, 5.74) is 13.8. The maximum atomic E-state index is 9.56. The normalized spacial score (nSPS) is 12.5. The highest BCUT2D eigenvalue weighted by atomic mass is 16.5. The van der Waals surface area contributed by atoms with Crippen molar-refractivity contribution in [3.05, 3.63) is 193 Å². The molecule has 2 heterocycles. The smallest absolute Gasteiger partial charge is 0.160 e. The quantitative estimate of drug-likeness (QED) is 0.174. The van der Waals surface area contributed by atoms with E-state index < -0.39 is 0 Å². The van der Waals surface area contributed by atoms with E-state index in [2.05, 4.69) is 153 Å². The number of aromatic nitrogens is 2. The fourth-order valence-corrected chi connectivity index (χ4v) is 7.45. The first-order valence-electron chi connectivity index (χ1n) is 18.1. The summed E-state index contributed by atoms with van der Waals surface area (Å²) in [6.45, 7) is 4.39. The number of ether oxygens (including phenoxy) is 1. The number of fused-ring (bicyclic) bond motifs is 2. The molecule has 0 fully saturated rings. The number of hydrogen-bond acceptors (Lipinski definition) is 4. The van der Waals surface area contributed by atoms with Gasteiger partial charge in [0.2, 0.25) is 0 Å². The molecule has 9 rings (SSSR count). The van der Waals surface area contributed by atoms with E-state index in [1.807, 2.05) is 42.5 Å². The van der Waals surface area contributed by atoms with E-state index in [0.29, 0.717) is 11.4 Å². The minimum Gasteiger partial charge on any atom is -0.456 e. The van der Waals surface area contributed by atoms with Crippen molar-refractivity contribution in [2.45, 2.75) is 19.3 Å². The highest BCUT2D eigenvalue weighted by Crippen LogP contribution is 2.51. The molecule has 0 amide bonds. The van der Waals surface area contributed by atoms with Gasteiger partial charge in [0.05, 0.1) is 23.0 Å². The number of benzene rings is 7. The minimum atomic E-state index is -0.337. The molecule has 1 aliphatic rings. The number of hydrogen-bond donors (Lipinski definition) is 0. The fourth-order valence-electron chi connectivity index (χ4n) is 7.45. The Kier molecular flexibility index (Phi) is 8.18. The van der Waals surface area contributed by atoms with Crippen LogP contribution < -0.4 is 4.74 Å². The van der Waals surface area contributed by atoms with Gasteiger partial charge in [0.25, 0.3) is 0 Å². The molecule has 8 aromatic rings. The van der Waals surface area contributed by atoms with Gasteiger partial charge in [-0.3, -0.25) is 0 Å². The lowest BCUT2D eigenvalue weighted by molar-refractivity contribution is 0.419. The van der Waals surface area contributed by atoms with E-state index in [1.165, 1.54) is 5.56 Å². The van der Waals surface area contributed by atoms with Gasteiger partial charge in [0.15, 0.2) is 5.82 Å². The predicted octanol–water partition coefficient (Wildman–Crippen LogP) is 12.8. The fraction of sp³-hybridized carbons (Fsp3) is 0.0600. The van der Waals surface area contributed by atoms with Crippen molar-refractivity contribution < 1.29 is 4.74 Å². The van der Waals surface area contributed by atoms with Crippen LogP contribution in [0.2, 0.25) is 0 Å². The molecule has 4 heteroatoms. The molecule has 54 heavy (non-hydrogen) atoms. The van der Waals surface area contributed by atoms with Crippen LogP contribution in [0.3, 0.4) is 0 Å². The summed E-state index contributed by atoms with van der Waals surface area (Å²) >= 11 is 0. The Morgan fingerprint density at radius 3 is 1.72 bits per heavy atom. The van der Waals surface area contributed by atoms with Gasteiger partial charge < -0.3 is 4.74 Å². The van der Waals surface area contributed by atoms with Gasteiger partial charge >= 0.3 is 0 Å². The Balaban J connectivity index is 1.09. The second-order valence-corrected chi connectivity index (χ2v) is 14.2. The molecule has 1 aliphatic heterocycles.